The lowest BCUT2D eigenvalue weighted by molar-refractivity contribution is 0.0603. The Bertz CT molecular complexity index is 1350. The minimum Gasteiger partial charge on any atom is -0.338 e. The molecule has 0 saturated carbocycles. The van der Waals surface area contributed by atoms with E-state index < -0.39 is 0 Å². The summed E-state index contributed by atoms with van der Waals surface area (Å²) in [6.45, 7) is 11.4. The molecule has 1 aliphatic rings. The largest absolute Gasteiger partial charge is 0.338 e. The number of hydrogen-bond donors (Lipinski definition) is 0. The second kappa shape index (κ2) is 10.0. The fraction of sp³-hybridized carbons (Fsp3) is 0.370. The van der Waals surface area contributed by atoms with Gasteiger partial charge in [0, 0.05) is 31.7 Å². The molecule has 9 nitrogen and oxygen atoms in total. The van der Waals surface area contributed by atoms with Crippen LogP contribution in [0.5, 0.6) is 0 Å². The van der Waals surface area contributed by atoms with E-state index in [1.165, 1.54) is 11.1 Å². The minimum absolute atomic E-state index is 0.141. The normalized spacial score (nSPS) is 14.5. The first kappa shape index (κ1) is 23.9. The van der Waals surface area contributed by atoms with Crippen molar-refractivity contribution >= 4 is 5.91 Å². The van der Waals surface area contributed by atoms with Gasteiger partial charge >= 0.3 is 0 Å². The molecule has 0 N–H and O–H groups in total. The van der Waals surface area contributed by atoms with E-state index in [0.717, 1.165) is 11.3 Å². The molecule has 5 rings (SSSR count). The molecule has 1 aliphatic heterocycles. The Morgan fingerprint density at radius 2 is 1.69 bits per heavy atom. The summed E-state index contributed by atoms with van der Waals surface area (Å²) in [7, 11) is 0. The summed E-state index contributed by atoms with van der Waals surface area (Å²) >= 11 is 0. The first-order chi connectivity index (χ1) is 17.4. The van der Waals surface area contributed by atoms with Gasteiger partial charge in [-0.3, -0.25) is 9.69 Å². The number of aryl methyl sites for hydroxylation is 2. The Morgan fingerprint density at radius 1 is 0.972 bits per heavy atom. The fourth-order valence-electron chi connectivity index (χ4n) is 4.46. The van der Waals surface area contributed by atoms with Crippen LogP contribution >= 0.6 is 0 Å². The molecule has 0 aliphatic carbocycles. The summed E-state index contributed by atoms with van der Waals surface area (Å²) in [6, 6.07) is 16.2. The number of rotatable bonds is 6. The third kappa shape index (κ3) is 4.92. The number of benzene rings is 2. The lowest BCUT2D eigenvalue weighted by atomic mass is 10.0. The van der Waals surface area contributed by atoms with Crippen molar-refractivity contribution in [2.75, 3.05) is 26.2 Å². The Hall–Kier alpha value is -3.85. The number of hydrogen-bond acceptors (Lipinski definition) is 7. The maximum absolute atomic E-state index is 13.2. The predicted molar refractivity (Wildman–Crippen MR) is 136 cm³/mol. The van der Waals surface area contributed by atoms with E-state index in [9.17, 15) is 4.79 Å². The van der Waals surface area contributed by atoms with Gasteiger partial charge in [-0.25, -0.2) is 9.67 Å². The standard InChI is InChI=1S/C27H31N7O2/c1-18(2)22-7-5-6-8-23(22)34-20(4)28-26(30-34)27(35)33-15-13-32(14-16-33)17-24-29-25(31-36-24)21-11-9-19(3)10-12-21/h5-12,18H,13-17H2,1-4H3. The van der Waals surface area contributed by atoms with Gasteiger partial charge in [0.05, 0.1) is 12.2 Å². The van der Waals surface area contributed by atoms with Crippen molar-refractivity contribution in [3.8, 4) is 17.1 Å². The van der Waals surface area contributed by atoms with Crippen LogP contribution in [0.1, 0.15) is 53.2 Å². The molecule has 0 radical (unpaired) electrons. The van der Waals surface area contributed by atoms with Gasteiger partial charge in [-0.15, -0.1) is 5.10 Å². The van der Waals surface area contributed by atoms with Gasteiger partial charge in [0.1, 0.15) is 5.82 Å². The summed E-state index contributed by atoms with van der Waals surface area (Å²) in [5, 5.41) is 8.71. The lowest BCUT2D eigenvalue weighted by Crippen LogP contribution is -2.48. The zero-order valence-corrected chi connectivity index (χ0v) is 21.2. The fourth-order valence-corrected chi connectivity index (χ4v) is 4.46. The lowest BCUT2D eigenvalue weighted by Gasteiger charge is -2.33. The third-order valence-electron chi connectivity index (χ3n) is 6.54. The van der Waals surface area contributed by atoms with Crippen LogP contribution in [0, 0.1) is 13.8 Å². The van der Waals surface area contributed by atoms with Crippen LogP contribution in [0.4, 0.5) is 0 Å². The second-order valence-corrected chi connectivity index (χ2v) is 9.55. The van der Waals surface area contributed by atoms with Crippen molar-refractivity contribution in [2.45, 2.75) is 40.2 Å². The average molecular weight is 486 g/mol. The van der Waals surface area contributed by atoms with E-state index in [0.29, 0.717) is 56.2 Å². The van der Waals surface area contributed by atoms with Gasteiger partial charge in [-0.05, 0) is 31.4 Å². The number of nitrogens with zero attached hydrogens (tertiary/aromatic N) is 7. The van der Waals surface area contributed by atoms with E-state index in [1.54, 1.807) is 4.68 Å². The van der Waals surface area contributed by atoms with Gasteiger partial charge < -0.3 is 9.42 Å². The number of aromatic nitrogens is 5. The molecular formula is C27H31N7O2. The molecule has 36 heavy (non-hydrogen) atoms. The quantitative estimate of drug-likeness (QED) is 0.407. The van der Waals surface area contributed by atoms with Crippen molar-refractivity contribution in [3.63, 3.8) is 0 Å². The molecule has 2 aromatic heterocycles. The minimum atomic E-state index is -0.141. The second-order valence-electron chi connectivity index (χ2n) is 9.55. The maximum Gasteiger partial charge on any atom is 0.293 e. The predicted octanol–water partition coefficient (Wildman–Crippen LogP) is 4.02. The zero-order valence-electron chi connectivity index (χ0n) is 21.2. The van der Waals surface area contributed by atoms with E-state index >= 15 is 0 Å². The summed E-state index contributed by atoms with van der Waals surface area (Å²) < 4.78 is 7.25. The van der Waals surface area contributed by atoms with Crippen LogP contribution < -0.4 is 0 Å². The van der Waals surface area contributed by atoms with Gasteiger partial charge in [0.25, 0.3) is 5.91 Å². The summed E-state index contributed by atoms with van der Waals surface area (Å²) in [5.74, 6) is 2.30. The molecule has 0 unspecified atom stereocenters. The summed E-state index contributed by atoms with van der Waals surface area (Å²) in [5.41, 5.74) is 4.26. The third-order valence-corrected chi connectivity index (χ3v) is 6.54. The molecule has 0 atom stereocenters. The average Bonchev–Trinajstić information content (AvgIpc) is 3.51. The molecule has 0 spiro atoms. The number of amides is 1. The van der Waals surface area contributed by atoms with Gasteiger partial charge in [0.2, 0.25) is 17.5 Å². The Labute approximate surface area is 210 Å². The molecule has 1 amide bonds. The molecule has 3 heterocycles. The van der Waals surface area contributed by atoms with Gasteiger partial charge in [-0.2, -0.15) is 4.98 Å². The SMILES string of the molecule is Cc1ccc(-c2noc(CN3CCN(C(=O)c4nc(C)n(-c5ccccc5C(C)C)n4)CC3)n2)cc1. The van der Waals surface area contributed by atoms with E-state index in [-0.39, 0.29) is 11.7 Å². The highest BCUT2D eigenvalue weighted by molar-refractivity contribution is 5.90. The highest BCUT2D eigenvalue weighted by Gasteiger charge is 2.27. The van der Waals surface area contributed by atoms with E-state index in [2.05, 4.69) is 45.0 Å². The maximum atomic E-state index is 13.2. The molecule has 1 saturated heterocycles. The number of para-hydroxylation sites is 1. The first-order valence-electron chi connectivity index (χ1n) is 12.3. The molecule has 9 heteroatoms. The molecule has 186 valence electrons. The van der Waals surface area contributed by atoms with Crippen molar-refractivity contribution in [1.29, 1.82) is 0 Å². The van der Waals surface area contributed by atoms with Crippen LogP contribution in [-0.4, -0.2) is 66.8 Å². The Kier molecular flexibility index (Phi) is 6.65. The molecule has 1 fully saturated rings. The van der Waals surface area contributed by atoms with Crippen LogP contribution in [0.15, 0.2) is 53.1 Å². The first-order valence-corrected chi connectivity index (χ1v) is 12.3. The zero-order chi connectivity index (χ0) is 25.2. The van der Waals surface area contributed by atoms with Crippen LogP contribution in [0.3, 0.4) is 0 Å². The summed E-state index contributed by atoms with van der Waals surface area (Å²) in [6.07, 6.45) is 0. The van der Waals surface area contributed by atoms with Crippen LogP contribution in [-0.2, 0) is 6.54 Å². The van der Waals surface area contributed by atoms with E-state index in [4.69, 9.17) is 4.52 Å². The van der Waals surface area contributed by atoms with Crippen molar-refractivity contribution in [3.05, 3.63) is 77.2 Å². The van der Waals surface area contributed by atoms with Gasteiger partial charge in [0.15, 0.2) is 0 Å². The highest BCUT2D eigenvalue weighted by Crippen LogP contribution is 2.23. The molecular weight excluding hydrogens is 454 g/mol. The molecule has 4 aromatic rings. The smallest absolute Gasteiger partial charge is 0.293 e. The van der Waals surface area contributed by atoms with Crippen LogP contribution in [0.25, 0.3) is 17.1 Å². The topological polar surface area (TPSA) is 93.2 Å². The number of piperazine rings is 1. The van der Waals surface area contributed by atoms with Gasteiger partial charge in [-0.1, -0.05) is 67.0 Å². The van der Waals surface area contributed by atoms with Crippen molar-refractivity contribution < 1.29 is 9.32 Å². The summed E-state index contributed by atoms with van der Waals surface area (Å²) in [4.78, 5) is 26.3. The monoisotopic (exact) mass is 485 g/mol. The van der Waals surface area contributed by atoms with Crippen molar-refractivity contribution in [1.82, 2.24) is 34.7 Å². The number of carbonyl (C=O) groups is 1. The Morgan fingerprint density at radius 3 is 2.42 bits per heavy atom. The van der Waals surface area contributed by atoms with Crippen molar-refractivity contribution in [2.24, 2.45) is 0 Å². The Balaban J connectivity index is 1.21. The number of carbonyl (C=O) groups excluding carboxylic acids is 1. The highest BCUT2D eigenvalue weighted by atomic mass is 16.5. The molecule has 2 aromatic carbocycles. The van der Waals surface area contributed by atoms with Crippen LogP contribution in [0.2, 0.25) is 0 Å². The van der Waals surface area contributed by atoms with E-state index in [1.807, 2.05) is 61.2 Å². The molecule has 0 bridgehead atoms.